The maximum atomic E-state index is 12.7. The topological polar surface area (TPSA) is 74.9 Å². The number of ether oxygens (including phenoxy) is 1. The van der Waals surface area contributed by atoms with Gasteiger partial charge < -0.3 is 19.1 Å². The van der Waals surface area contributed by atoms with Crippen molar-refractivity contribution in [1.82, 2.24) is 19.9 Å². The predicted molar refractivity (Wildman–Crippen MR) is 89.0 cm³/mol. The molecule has 0 radical (unpaired) electrons. The lowest BCUT2D eigenvalue weighted by Gasteiger charge is -2.36. The summed E-state index contributed by atoms with van der Waals surface area (Å²) in [5, 5.41) is 3.97. The SMILES string of the molecule is CCN1CCOC(C(=O)N2CCC(c3nc(N(C)C)no3)CC2)C1. The van der Waals surface area contributed by atoms with Gasteiger partial charge in [0.2, 0.25) is 5.89 Å². The summed E-state index contributed by atoms with van der Waals surface area (Å²) in [5.74, 6) is 1.62. The highest BCUT2D eigenvalue weighted by Gasteiger charge is 2.33. The number of aromatic nitrogens is 2. The Kier molecular flexibility index (Phi) is 5.35. The van der Waals surface area contributed by atoms with Crippen LogP contribution in [-0.4, -0.2) is 85.4 Å². The van der Waals surface area contributed by atoms with E-state index in [9.17, 15) is 4.79 Å². The van der Waals surface area contributed by atoms with E-state index in [0.29, 0.717) is 25.0 Å². The van der Waals surface area contributed by atoms with E-state index >= 15 is 0 Å². The number of likely N-dealkylation sites (N-methyl/N-ethyl adjacent to an activating group) is 1. The molecular formula is C16H27N5O3. The van der Waals surface area contributed by atoms with E-state index < -0.39 is 0 Å². The summed E-state index contributed by atoms with van der Waals surface area (Å²) in [6.45, 7) is 6.75. The van der Waals surface area contributed by atoms with Crippen molar-refractivity contribution in [2.24, 2.45) is 0 Å². The van der Waals surface area contributed by atoms with E-state index in [4.69, 9.17) is 9.26 Å². The van der Waals surface area contributed by atoms with Gasteiger partial charge in [0.05, 0.1) is 6.61 Å². The molecule has 1 atom stereocenters. The highest BCUT2D eigenvalue weighted by Crippen LogP contribution is 2.28. The van der Waals surface area contributed by atoms with Gasteiger partial charge in [-0.15, -0.1) is 0 Å². The Balaban J connectivity index is 1.53. The van der Waals surface area contributed by atoms with E-state index in [1.54, 1.807) is 0 Å². The maximum Gasteiger partial charge on any atom is 0.265 e. The van der Waals surface area contributed by atoms with Gasteiger partial charge in [-0.1, -0.05) is 6.92 Å². The van der Waals surface area contributed by atoms with E-state index in [1.165, 1.54) is 0 Å². The molecule has 1 amide bonds. The maximum absolute atomic E-state index is 12.7. The Hall–Kier alpha value is -1.67. The van der Waals surface area contributed by atoms with E-state index in [-0.39, 0.29) is 17.9 Å². The second kappa shape index (κ2) is 7.48. The molecule has 2 aliphatic rings. The van der Waals surface area contributed by atoms with Crippen molar-refractivity contribution >= 4 is 11.9 Å². The largest absolute Gasteiger partial charge is 0.366 e. The molecular weight excluding hydrogens is 310 g/mol. The average molecular weight is 337 g/mol. The minimum Gasteiger partial charge on any atom is -0.366 e. The molecule has 0 spiro atoms. The van der Waals surface area contributed by atoms with Crippen LogP contribution in [0.3, 0.4) is 0 Å². The first-order valence-corrected chi connectivity index (χ1v) is 8.72. The van der Waals surface area contributed by atoms with Crippen LogP contribution >= 0.6 is 0 Å². The van der Waals surface area contributed by atoms with Crippen molar-refractivity contribution in [2.75, 3.05) is 58.3 Å². The summed E-state index contributed by atoms with van der Waals surface area (Å²) < 4.78 is 11.1. The van der Waals surface area contributed by atoms with Gasteiger partial charge in [0, 0.05) is 46.2 Å². The van der Waals surface area contributed by atoms with E-state index in [0.717, 1.165) is 39.0 Å². The lowest BCUT2D eigenvalue weighted by atomic mass is 9.96. The number of hydrogen-bond acceptors (Lipinski definition) is 7. The molecule has 8 heteroatoms. The fourth-order valence-electron chi connectivity index (χ4n) is 3.26. The number of hydrogen-bond donors (Lipinski definition) is 0. The molecule has 24 heavy (non-hydrogen) atoms. The van der Waals surface area contributed by atoms with Crippen molar-refractivity contribution in [3.05, 3.63) is 5.89 Å². The first-order valence-electron chi connectivity index (χ1n) is 8.72. The Morgan fingerprint density at radius 2 is 2.04 bits per heavy atom. The number of piperidine rings is 1. The molecule has 8 nitrogen and oxygen atoms in total. The van der Waals surface area contributed by atoms with Gasteiger partial charge >= 0.3 is 0 Å². The van der Waals surface area contributed by atoms with Crippen molar-refractivity contribution in [3.63, 3.8) is 0 Å². The van der Waals surface area contributed by atoms with Gasteiger partial charge in [-0.25, -0.2) is 0 Å². The first-order chi connectivity index (χ1) is 11.6. The normalized spacial score (nSPS) is 23.5. The van der Waals surface area contributed by atoms with Gasteiger partial charge in [0.15, 0.2) is 0 Å². The fourth-order valence-corrected chi connectivity index (χ4v) is 3.26. The Labute approximate surface area is 142 Å². The van der Waals surface area contributed by atoms with Crippen molar-refractivity contribution < 1.29 is 14.1 Å². The van der Waals surface area contributed by atoms with Gasteiger partial charge in [-0.2, -0.15) is 4.98 Å². The van der Waals surface area contributed by atoms with Crippen molar-refractivity contribution in [2.45, 2.75) is 31.8 Å². The number of rotatable bonds is 4. The minimum atomic E-state index is -0.320. The number of morpholine rings is 1. The quantitative estimate of drug-likeness (QED) is 0.795. The summed E-state index contributed by atoms with van der Waals surface area (Å²) in [7, 11) is 3.78. The third kappa shape index (κ3) is 3.70. The monoisotopic (exact) mass is 337 g/mol. The van der Waals surface area contributed by atoms with Crippen LogP contribution in [0.4, 0.5) is 5.95 Å². The lowest BCUT2D eigenvalue weighted by Crippen LogP contribution is -2.52. The second-order valence-corrected chi connectivity index (χ2v) is 6.68. The van der Waals surface area contributed by atoms with Gasteiger partial charge in [0.1, 0.15) is 6.10 Å². The molecule has 0 N–H and O–H groups in total. The number of carbonyl (C=O) groups is 1. The molecule has 3 rings (SSSR count). The Bertz CT molecular complexity index is 554. The number of anilines is 1. The molecule has 1 unspecified atom stereocenters. The van der Waals surface area contributed by atoms with E-state index in [2.05, 4.69) is 22.0 Å². The van der Waals surface area contributed by atoms with Crippen LogP contribution in [0.1, 0.15) is 31.6 Å². The van der Waals surface area contributed by atoms with Crippen molar-refractivity contribution in [1.29, 1.82) is 0 Å². The third-order valence-electron chi connectivity index (χ3n) is 4.86. The highest BCUT2D eigenvalue weighted by atomic mass is 16.5. The smallest absolute Gasteiger partial charge is 0.265 e. The zero-order valence-corrected chi connectivity index (χ0v) is 14.8. The first kappa shape index (κ1) is 17.2. The standard InChI is InChI=1S/C16H27N5O3/c1-4-20-9-10-23-13(11-20)15(22)21-7-5-12(6-8-21)14-17-16(18-24-14)19(2)3/h12-13H,4-11H2,1-3H3. The minimum absolute atomic E-state index is 0.117. The molecule has 134 valence electrons. The number of carbonyl (C=O) groups excluding carboxylic acids is 1. The zero-order chi connectivity index (χ0) is 17.1. The van der Waals surface area contributed by atoms with Crippen LogP contribution in [0, 0.1) is 0 Å². The van der Waals surface area contributed by atoms with Gasteiger partial charge in [0.25, 0.3) is 11.9 Å². The fraction of sp³-hybridized carbons (Fsp3) is 0.812. The molecule has 2 fully saturated rings. The Morgan fingerprint density at radius 1 is 1.29 bits per heavy atom. The third-order valence-corrected chi connectivity index (χ3v) is 4.86. The molecule has 0 saturated carbocycles. The van der Waals surface area contributed by atoms with Crippen molar-refractivity contribution in [3.8, 4) is 0 Å². The molecule has 2 aliphatic heterocycles. The summed E-state index contributed by atoms with van der Waals surface area (Å²) in [6, 6.07) is 0. The predicted octanol–water partition coefficient (Wildman–Crippen LogP) is 0.562. The highest BCUT2D eigenvalue weighted by molar-refractivity contribution is 5.81. The molecule has 1 aromatic rings. The molecule has 3 heterocycles. The molecule has 0 aliphatic carbocycles. The van der Waals surface area contributed by atoms with E-state index in [1.807, 2.05) is 23.9 Å². The Morgan fingerprint density at radius 3 is 2.67 bits per heavy atom. The van der Waals surface area contributed by atoms with Crippen LogP contribution in [0.2, 0.25) is 0 Å². The molecule has 1 aromatic heterocycles. The number of likely N-dealkylation sites (tertiary alicyclic amines) is 1. The van der Waals surface area contributed by atoms with Crippen LogP contribution < -0.4 is 4.90 Å². The summed E-state index contributed by atoms with van der Waals surface area (Å²) in [4.78, 5) is 23.1. The molecule has 2 saturated heterocycles. The molecule has 0 aromatic carbocycles. The zero-order valence-electron chi connectivity index (χ0n) is 14.8. The summed E-state index contributed by atoms with van der Waals surface area (Å²) in [5.41, 5.74) is 0. The van der Waals surface area contributed by atoms with Gasteiger partial charge in [-0.05, 0) is 24.5 Å². The average Bonchev–Trinajstić information content (AvgIpc) is 3.12. The van der Waals surface area contributed by atoms with Crippen LogP contribution in [-0.2, 0) is 9.53 Å². The van der Waals surface area contributed by atoms with Crippen LogP contribution in [0.15, 0.2) is 4.52 Å². The lowest BCUT2D eigenvalue weighted by molar-refractivity contribution is -0.150. The molecule has 0 bridgehead atoms. The summed E-state index contributed by atoms with van der Waals surface area (Å²) in [6.07, 6.45) is 1.38. The number of amides is 1. The van der Waals surface area contributed by atoms with Gasteiger partial charge in [-0.3, -0.25) is 9.69 Å². The second-order valence-electron chi connectivity index (χ2n) is 6.68. The summed E-state index contributed by atoms with van der Waals surface area (Å²) >= 11 is 0. The number of nitrogens with zero attached hydrogens (tertiary/aromatic N) is 5. The van der Waals surface area contributed by atoms with Crippen LogP contribution in [0.25, 0.3) is 0 Å². The van der Waals surface area contributed by atoms with Crippen LogP contribution in [0.5, 0.6) is 0 Å².